The Hall–Kier alpha value is -0.820. The first-order valence-corrected chi connectivity index (χ1v) is 8.78. The van der Waals surface area contributed by atoms with Crippen molar-refractivity contribution in [2.24, 2.45) is 5.92 Å². The van der Waals surface area contributed by atoms with Gasteiger partial charge < -0.3 is 5.32 Å². The molecule has 1 fully saturated rings. The van der Waals surface area contributed by atoms with Gasteiger partial charge in [0.15, 0.2) is 0 Å². The van der Waals surface area contributed by atoms with E-state index in [4.69, 9.17) is 0 Å². The van der Waals surface area contributed by atoms with E-state index >= 15 is 0 Å². The molecule has 1 saturated carbocycles. The fourth-order valence-corrected chi connectivity index (χ4v) is 3.60. The molecule has 3 unspecified atom stereocenters. The molecule has 0 heterocycles. The van der Waals surface area contributed by atoms with Crippen LogP contribution < -0.4 is 5.32 Å². The zero-order valence-electron chi connectivity index (χ0n) is 14.6. The summed E-state index contributed by atoms with van der Waals surface area (Å²) in [5.74, 6) is 0.870. The highest BCUT2D eigenvalue weighted by molar-refractivity contribution is 5.29. The lowest BCUT2D eigenvalue weighted by Crippen LogP contribution is -2.39. The normalized spacial score (nSPS) is 24.8. The Balaban J connectivity index is 2.01. The number of hydrogen-bond donors (Lipinski definition) is 1. The Bertz CT molecular complexity index is 426. The second kappa shape index (κ2) is 6.96. The monoisotopic (exact) mass is 287 g/mol. The summed E-state index contributed by atoms with van der Waals surface area (Å²) < 4.78 is 0. The van der Waals surface area contributed by atoms with Crippen molar-refractivity contribution in [1.82, 2.24) is 5.32 Å². The average molecular weight is 287 g/mol. The van der Waals surface area contributed by atoms with Gasteiger partial charge in [0, 0.05) is 12.1 Å². The quantitative estimate of drug-likeness (QED) is 0.759. The van der Waals surface area contributed by atoms with E-state index in [0.717, 1.165) is 5.92 Å². The van der Waals surface area contributed by atoms with Crippen LogP contribution in [-0.2, 0) is 5.41 Å². The number of rotatable bonds is 4. The van der Waals surface area contributed by atoms with E-state index in [-0.39, 0.29) is 5.41 Å². The molecule has 0 aromatic heterocycles. The third kappa shape index (κ3) is 4.32. The lowest BCUT2D eigenvalue weighted by atomic mass is 9.82. The molecule has 0 radical (unpaired) electrons. The van der Waals surface area contributed by atoms with Crippen LogP contribution in [0.4, 0.5) is 0 Å². The Morgan fingerprint density at radius 2 is 1.71 bits per heavy atom. The zero-order chi connectivity index (χ0) is 15.5. The first-order valence-electron chi connectivity index (χ1n) is 8.78. The topological polar surface area (TPSA) is 12.0 Å². The zero-order valence-corrected chi connectivity index (χ0v) is 14.6. The lowest BCUT2D eigenvalue weighted by Gasteiger charge is -2.34. The fraction of sp³-hybridized carbons (Fsp3) is 0.700. The van der Waals surface area contributed by atoms with Gasteiger partial charge in [0.25, 0.3) is 0 Å². The third-order valence-electron chi connectivity index (χ3n) is 5.17. The summed E-state index contributed by atoms with van der Waals surface area (Å²) in [4.78, 5) is 0. The van der Waals surface area contributed by atoms with Gasteiger partial charge in [0.2, 0.25) is 0 Å². The molecule has 3 atom stereocenters. The van der Waals surface area contributed by atoms with E-state index in [2.05, 4.69) is 64.2 Å². The minimum absolute atomic E-state index is 0.242. The highest BCUT2D eigenvalue weighted by atomic mass is 15.0. The van der Waals surface area contributed by atoms with Crippen LogP contribution >= 0.6 is 0 Å². The maximum atomic E-state index is 3.89. The average Bonchev–Trinajstić information content (AvgIpc) is 2.47. The molecule has 1 aliphatic rings. The van der Waals surface area contributed by atoms with Crippen LogP contribution in [0.5, 0.6) is 0 Å². The first kappa shape index (κ1) is 16.5. The van der Waals surface area contributed by atoms with Crippen molar-refractivity contribution < 1.29 is 0 Å². The van der Waals surface area contributed by atoms with Gasteiger partial charge in [-0.05, 0) is 42.2 Å². The third-order valence-corrected chi connectivity index (χ3v) is 5.17. The molecule has 1 aliphatic carbocycles. The predicted octanol–water partition coefficient (Wildman–Crippen LogP) is 5.60. The summed E-state index contributed by atoms with van der Waals surface area (Å²) in [5.41, 5.74) is 3.08. The van der Waals surface area contributed by atoms with Gasteiger partial charge >= 0.3 is 0 Å². The van der Waals surface area contributed by atoms with Crippen molar-refractivity contribution in [3.63, 3.8) is 0 Å². The van der Waals surface area contributed by atoms with Gasteiger partial charge in [0.1, 0.15) is 0 Å². The van der Waals surface area contributed by atoms with Crippen LogP contribution in [0.15, 0.2) is 24.3 Å². The summed E-state index contributed by atoms with van der Waals surface area (Å²) in [6, 6.07) is 10.4. The number of benzene rings is 1. The van der Waals surface area contributed by atoms with E-state index in [1.54, 1.807) is 0 Å². The maximum absolute atomic E-state index is 3.89. The molecule has 1 N–H and O–H groups in total. The summed E-state index contributed by atoms with van der Waals surface area (Å²) in [7, 11) is 0. The molecule has 21 heavy (non-hydrogen) atoms. The van der Waals surface area contributed by atoms with E-state index in [1.807, 2.05) is 0 Å². The molecule has 0 saturated heterocycles. The molecule has 1 nitrogen and oxygen atoms in total. The summed E-state index contributed by atoms with van der Waals surface area (Å²) in [6.45, 7) is 11.5. The van der Waals surface area contributed by atoms with E-state index in [1.165, 1.54) is 43.2 Å². The summed E-state index contributed by atoms with van der Waals surface area (Å²) >= 11 is 0. The van der Waals surface area contributed by atoms with Crippen LogP contribution in [0.3, 0.4) is 0 Å². The van der Waals surface area contributed by atoms with Crippen LogP contribution in [0, 0.1) is 5.92 Å². The van der Waals surface area contributed by atoms with Gasteiger partial charge in [-0.2, -0.15) is 0 Å². The molecular weight excluding hydrogens is 254 g/mol. The molecule has 0 spiro atoms. The van der Waals surface area contributed by atoms with Gasteiger partial charge in [-0.25, -0.2) is 0 Å². The highest BCUT2D eigenvalue weighted by Gasteiger charge is 2.25. The van der Waals surface area contributed by atoms with E-state index < -0.39 is 0 Å². The maximum Gasteiger partial charge on any atom is 0.0294 e. The van der Waals surface area contributed by atoms with Gasteiger partial charge in [-0.3, -0.25) is 0 Å². The predicted molar refractivity (Wildman–Crippen MR) is 92.7 cm³/mol. The highest BCUT2D eigenvalue weighted by Crippen LogP contribution is 2.29. The summed E-state index contributed by atoms with van der Waals surface area (Å²) in [5, 5.41) is 3.89. The summed E-state index contributed by atoms with van der Waals surface area (Å²) in [6.07, 6.45) is 6.88. The van der Waals surface area contributed by atoms with E-state index in [9.17, 15) is 0 Å². The number of nitrogens with one attached hydrogen (secondary N) is 1. The minimum Gasteiger partial charge on any atom is -0.307 e. The second-order valence-corrected chi connectivity index (χ2v) is 7.82. The Labute approximate surface area is 131 Å². The number of hydrogen-bond acceptors (Lipinski definition) is 1. The van der Waals surface area contributed by atoms with Crippen LogP contribution in [0.2, 0.25) is 0 Å². The minimum atomic E-state index is 0.242. The Kier molecular flexibility index (Phi) is 5.48. The Morgan fingerprint density at radius 3 is 2.29 bits per heavy atom. The first-order chi connectivity index (χ1) is 9.91. The van der Waals surface area contributed by atoms with Gasteiger partial charge in [-0.1, -0.05) is 71.2 Å². The smallest absolute Gasteiger partial charge is 0.0294 e. The molecule has 0 aliphatic heterocycles. The van der Waals surface area contributed by atoms with Crippen LogP contribution in [0.25, 0.3) is 0 Å². The standard InChI is InChI=1S/C20H33N/c1-6-16-9-7-8-10-19(16)21-15(2)17-11-13-18(14-12-17)20(3,4)5/h11-16,19,21H,6-10H2,1-5H3. The van der Waals surface area contributed by atoms with Gasteiger partial charge in [-0.15, -0.1) is 0 Å². The van der Waals surface area contributed by atoms with E-state index in [0.29, 0.717) is 12.1 Å². The molecule has 1 aromatic rings. The molecule has 0 bridgehead atoms. The lowest BCUT2D eigenvalue weighted by molar-refractivity contribution is 0.240. The van der Waals surface area contributed by atoms with Crippen molar-refractivity contribution >= 4 is 0 Å². The molecular formula is C20H33N. The molecule has 2 rings (SSSR count). The van der Waals surface area contributed by atoms with Crippen LogP contribution in [-0.4, -0.2) is 6.04 Å². The molecule has 1 aromatic carbocycles. The molecule has 0 amide bonds. The van der Waals surface area contributed by atoms with Crippen molar-refractivity contribution in [2.45, 2.75) is 84.2 Å². The molecule has 1 heteroatoms. The largest absolute Gasteiger partial charge is 0.307 e. The van der Waals surface area contributed by atoms with Crippen molar-refractivity contribution in [2.75, 3.05) is 0 Å². The second-order valence-electron chi connectivity index (χ2n) is 7.82. The Morgan fingerprint density at radius 1 is 1.10 bits per heavy atom. The van der Waals surface area contributed by atoms with Crippen molar-refractivity contribution in [3.05, 3.63) is 35.4 Å². The van der Waals surface area contributed by atoms with Crippen molar-refractivity contribution in [1.29, 1.82) is 0 Å². The van der Waals surface area contributed by atoms with Gasteiger partial charge in [0.05, 0.1) is 0 Å². The van der Waals surface area contributed by atoms with Crippen LogP contribution in [0.1, 0.15) is 83.9 Å². The fourth-order valence-electron chi connectivity index (χ4n) is 3.60. The van der Waals surface area contributed by atoms with Crippen molar-refractivity contribution in [3.8, 4) is 0 Å². The molecule has 118 valence electrons. The SMILES string of the molecule is CCC1CCCCC1NC(C)c1ccc(C(C)(C)C)cc1.